The van der Waals surface area contributed by atoms with Crippen LogP contribution in [0.15, 0.2) is 42.6 Å². The van der Waals surface area contributed by atoms with E-state index in [1.165, 1.54) is 0 Å². The quantitative estimate of drug-likeness (QED) is 0.649. The smallest absolute Gasteiger partial charge is 0.114 e. The summed E-state index contributed by atoms with van der Waals surface area (Å²) < 4.78 is 0. The molecule has 3 aromatic rings. The Balaban J connectivity index is 2.31. The van der Waals surface area contributed by atoms with Crippen LogP contribution in [0.1, 0.15) is 11.3 Å². The third kappa shape index (κ3) is 1.74. The maximum atomic E-state index is 4.61. The van der Waals surface area contributed by atoms with Crippen LogP contribution >= 0.6 is 0 Å². The van der Waals surface area contributed by atoms with Crippen molar-refractivity contribution < 1.29 is 0 Å². The Morgan fingerprint density at radius 3 is 2.56 bits per heavy atom. The monoisotopic (exact) mass is 235 g/mol. The maximum absolute atomic E-state index is 4.61. The van der Waals surface area contributed by atoms with Crippen molar-refractivity contribution in [1.29, 1.82) is 0 Å². The standard InChI is InChI=1S/C15H13N3/c1-10-9-16-18-15-11(2)17-14(8-13(10)15)12-6-4-3-5-7-12/h3-9H,1-2H3. The van der Waals surface area contributed by atoms with Crippen LogP contribution in [0.4, 0.5) is 0 Å². The van der Waals surface area contributed by atoms with Gasteiger partial charge in [0.2, 0.25) is 0 Å². The van der Waals surface area contributed by atoms with E-state index >= 15 is 0 Å². The van der Waals surface area contributed by atoms with E-state index < -0.39 is 0 Å². The summed E-state index contributed by atoms with van der Waals surface area (Å²) in [6, 6.07) is 12.3. The normalized spacial score (nSPS) is 10.8. The van der Waals surface area contributed by atoms with Crippen molar-refractivity contribution in [1.82, 2.24) is 15.2 Å². The topological polar surface area (TPSA) is 38.7 Å². The molecule has 88 valence electrons. The minimum absolute atomic E-state index is 0.884. The Morgan fingerprint density at radius 1 is 1.00 bits per heavy atom. The number of hydrogen-bond donors (Lipinski definition) is 0. The number of hydrogen-bond acceptors (Lipinski definition) is 3. The van der Waals surface area contributed by atoms with Gasteiger partial charge in [-0.3, -0.25) is 4.98 Å². The third-order valence-corrected chi connectivity index (χ3v) is 3.07. The summed E-state index contributed by atoms with van der Waals surface area (Å²) in [6.45, 7) is 4.02. The molecular formula is C15H13N3. The molecule has 3 nitrogen and oxygen atoms in total. The Bertz CT molecular complexity index is 706. The lowest BCUT2D eigenvalue weighted by Gasteiger charge is -2.07. The Kier molecular flexibility index (Phi) is 2.52. The number of pyridine rings is 1. The zero-order valence-electron chi connectivity index (χ0n) is 10.4. The predicted octanol–water partition coefficient (Wildman–Crippen LogP) is 3.31. The molecule has 3 rings (SSSR count). The molecule has 0 amide bonds. The number of benzene rings is 1. The third-order valence-electron chi connectivity index (χ3n) is 3.07. The lowest BCUT2D eigenvalue weighted by Crippen LogP contribution is -1.95. The largest absolute Gasteiger partial charge is 0.251 e. The number of nitrogens with zero attached hydrogens (tertiary/aromatic N) is 3. The average molecular weight is 235 g/mol. The first-order valence-corrected chi connectivity index (χ1v) is 5.91. The molecule has 0 aliphatic carbocycles. The molecule has 0 fully saturated rings. The lowest BCUT2D eigenvalue weighted by atomic mass is 10.1. The Hall–Kier alpha value is -2.29. The fourth-order valence-electron chi connectivity index (χ4n) is 2.09. The highest BCUT2D eigenvalue weighted by atomic mass is 15.1. The van der Waals surface area contributed by atoms with Crippen molar-refractivity contribution in [2.75, 3.05) is 0 Å². The second-order valence-corrected chi connectivity index (χ2v) is 4.38. The SMILES string of the molecule is Cc1cnnc2c(C)nc(-c3ccccc3)cc12. The van der Waals surface area contributed by atoms with Crippen molar-refractivity contribution in [3.05, 3.63) is 53.9 Å². The molecular weight excluding hydrogens is 222 g/mol. The van der Waals surface area contributed by atoms with Crippen molar-refractivity contribution in [2.24, 2.45) is 0 Å². The van der Waals surface area contributed by atoms with Crippen LogP contribution in [0.25, 0.3) is 22.2 Å². The number of aromatic nitrogens is 3. The van der Waals surface area contributed by atoms with Crippen LogP contribution in [0, 0.1) is 13.8 Å². The van der Waals surface area contributed by atoms with Gasteiger partial charge in [0.15, 0.2) is 0 Å². The van der Waals surface area contributed by atoms with E-state index in [1.807, 2.05) is 32.0 Å². The van der Waals surface area contributed by atoms with Crippen molar-refractivity contribution in [2.45, 2.75) is 13.8 Å². The lowest BCUT2D eigenvalue weighted by molar-refractivity contribution is 1.04. The second kappa shape index (κ2) is 4.18. The summed E-state index contributed by atoms with van der Waals surface area (Å²) in [4.78, 5) is 4.61. The van der Waals surface area contributed by atoms with Crippen molar-refractivity contribution >= 4 is 10.9 Å². The van der Waals surface area contributed by atoms with Gasteiger partial charge >= 0.3 is 0 Å². The molecule has 3 heteroatoms. The first-order valence-electron chi connectivity index (χ1n) is 5.91. The van der Waals surface area contributed by atoms with E-state index in [2.05, 4.69) is 33.4 Å². The first-order chi connectivity index (χ1) is 8.75. The molecule has 0 radical (unpaired) electrons. The molecule has 0 aliphatic rings. The number of aryl methyl sites for hydroxylation is 2. The van der Waals surface area contributed by atoms with Gasteiger partial charge in [0.25, 0.3) is 0 Å². The van der Waals surface area contributed by atoms with E-state index in [9.17, 15) is 0 Å². The van der Waals surface area contributed by atoms with Gasteiger partial charge in [-0.15, -0.1) is 5.10 Å². The molecule has 0 saturated carbocycles. The van der Waals surface area contributed by atoms with Gasteiger partial charge in [0, 0.05) is 10.9 Å². The first kappa shape index (κ1) is 10.8. The molecule has 0 aliphatic heterocycles. The minimum atomic E-state index is 0.884. The highest BCUT2D eigenvalue weighted by Crippen LogP contribution is 2.24. The van der Waals surface area contributed by atoms with Gasteiger partial charge in [0.1, 0.15) is 5.52 Å². The summed E-state index contributed by atoms with van der Waals surface area (Å²) in [5.41, 5.74) is 5.04. The molecule has 18 heavy (non-hydrogen) atoms. The maximum Gasteiger partial charge on any atom is 0.114 e. The number of rotatable bonds is 1. The fourth-order valence-corrected chi connectivity index (χ4v) is 2.09. The van der Waals surface area contributed by atoms with Crippen LogP contribution in [-0.2, 0) is 0 Å². The molecule has 0 spiro atoms. The Labute approximate surface area is 106 Å². The second-order valence-electron chi connectivity index (χ2n) is 4.38. The van der Waals surface area contributed by atoms with E-state index in [4.69, 9.17) is 0 Å². The van der Waals surface area contributed by atoms with Crippen LogP contribution < -0.4 is 0 Å². The highest BCUT2D eigenvalue weighted by Gasteiger charge is 2.07. The molecule has 0 atom stereocenters. The van der Waals surface area contributed by atoms with E-state index in [1.54, 1.807) is 6.20 Å². The summed E-state index contributed by atoms with van der Waals surface area (Å²) >= 11 is 0. The molecule has 0 N–H and O–H groups in total. The molecule has 2 heterocycles. The van der Waals surface area contributed by atoms with Crippen LogP contribution in [0.5, 0.6) is 0 Å². The molecule has 2 aromatic heterocycles. The zero-order chi connectivity index (χ0) is 12.5. The molecule has 0 bridgehead atoms. The Morgan fingerprint density at radius 2 is 1.78 bits per heavy atom. The zero-order valence-corrected chi connectivity index (χ0v) is 10.4. The summed E-state index contributed by atoms with van der Waals surface area (Å²) in [5.74, 6) is 0. The summed E-state index contributed by atoms with van der Waals surface area (Å²) in [7, 11) is 0. The van der Waals surface area contributed by atoms with Gasteiger partial charge in [-0.05, 0) is 25.5 Å². The van der Waals surface area contributed by atoms with E-state index in [0.717, 1.165) is 33.4 Å². The van der Waals surface area contributed by atoms with Gasteiger partial charge in [-0.25, -0.2) is 0 Å². The minimum Gasteiger partial charge on any atom is -0.251 e. The van der Waals surface area contributed by atoms with Crippen LogP contribution in [0.3, 0.4) is 0 Å². The van der Waals surface area contributed by atoms with Crippen LogP contribution in [0.2, 0.25) is 0 Å². The van der Waals surface area contributed by atoms with Crippen LogP contribution in [-0.4, -0.2) is 15.2 Å². The fraction of sp³-hybridized carbons (Fsp3) is 0.133. The van der Waals surface area contributed by atoms with Crippen molar-refractivity contribution in [3.8, 4) is 11.3 Å². The van der Waals surface area contributed by atoms with Gasteiger partial charge < -0.3 is 0 Å². The number of fused-ring (bicyclic) bond motifs is 1. The molecule has 1 aromatic carbocycles. The molecule has 0 saturated heterocycles. The van der Waals surface area contributed by atoms with Crippen molar-refractivity contribution in [3.63, 3.8) is 0 Å². The summed E-state index contributed by atoms with van der Waals surface area (Å²) in [6.07, 6.45) is 1.79. The van der Waals surface area contributed by atoms with E-state index in [0.29, 0.717) is 0 Å². The highest BCUT2D eigenvalue weighted by molar-refractivity contribution is 5.86. The molecule has 0 unspecified atom stereocenters. The van der Waals surface area contributed by atoms with E-state index in [-0.39, 0.29) is 0 Å². The predicted molar refractivity (Wildman–Crippen MR) is 72.2 cm³/mol. The van der Waals surface area contributed by atoms with Gasteiger partial charge in [-0.1, -0.05) is 30.3 Å². The summed E-state index contributed by atoms with van der Waals surface area (Å²) in [5, 5.41) is 9.27. The van der Waals surface area contributed by atoms with Gasteiger partial charge in [0.05, 0.1) is 17.6 Å². The average Bonchev–Trinajstić information content (AvgIpc) is 2.41. The van der Waals surface area contributed by atoms with Gasteiger partial charge in [-0.2, -0.15) is 5.10 Å².